The summed E-state index contributed by atoms with van der Waals surface area (Å²) in [6, 6.07) is 9.81. The molecular weight excluding hydrogens is 281 g/mol. The molecule has 0 amide bonds. The third-order valence-corrected chi connectivity index (χ3v) is 3.84. The topological polar surface area (TPSA) is 28.6 Å². The molecule has 2 heterocycles. The molecule has 0 saturated carbocycles. The normalized spacial score (nSPS) is 16.4. The Kier molecular flexibility index (Phi) is 4.53. The van der Waals surface area contributed by atoms with Crippen molar-refractivity contribution in [2.75, 3.05) is 38.1 Å². The highest BCUT2D eigenvalue weighted by atomic mass is 19.1. The number of aromatic nitrogens is 1. The van der Waals surface area contributed by atoms with Crippen molar-refractivity contribution in [3.05, 3.63) is 48.4 Å². The highest BCUT2D eigenvalue weighted by Crippen LogP contribution is 2.22. The number of nitrogens with zero attached hydrogens (tertiary/aromatic N) is 3. The predicted octanol–water partition coefficient (Wildman–Crippen LogP) is 3.15. The van der Waals surface area contributed by atoms with Gasteiger partial charge in [-0.05, 0) is 50.3 Å². The molecule has 5 heteroatoms. The average Bonchev–Trinajstić information content (AvgIpc) is 2.75. The van der Waals surface area contributed by atoms with E-state index in [0.717, 1.165) is 38.3 Å². The number of hydrogen-bond donors (Lipinski definition) is 0. The van der Waals surface area contributed by atoms with Crippen LogP contribution in [0.15, 0.2) is 42.6 Å². The van der Waals surface area contributed by atoms with Crippen molar-refractivity contribution >= 4 is 5.69 Å². The maximum atomic E-state index is 12.9. The summed E-state index contributed by atoms with van der Waals surface area (Å²) in [5.74, 6) is 0.821. The van der Waals surface area contributed by atoms with Crippen molar-refractivity contribution in [1.82, 2.24) is 9.88 Å². The predicted molar refractivity (Wildman–Crippen MR) is 85.0 cm³/mol. The molecule has 0 bridgehead atoms. The maximum Gasteiger partial charge on any atom is 0.219 e. The Morgan fingerprint density at radius 3 is 2.55 bits per heavy atom. The molecule has 0 unspecified atom stereocenters. The van der Waals surface area contributed by atoms with Crippen molar-refractivity contribution in [1.29, 1.82) is 0 Å². The van der Waals surface area contributed by atoms with E-state index in [1.807, 2.05) is 18.3 Å². The minimum Gasteiger partial charge on any atom is -0.439 e. The van der Waals surface area contributed by atoms with E-state index < -0.39 is 0 Å². The highest BCUT2D eigenvalue weighted by Gasteiger charge is 2.13. The summed E-state index contributed by atoms with van der Waals surface area (Å²) in [6.45, 7) is 4.25. The molecule has 22 heavy (non-hydrogen) atoms. The van der Waals surface area contributed by atoms with Crippen LogP contribution >= 0.6 is 0 Å². The van der Waals surface area contributed by atoms with Gasteiger partial charge in [0.2, 0.25) is 5.88 Å². The molecule has 1 aromatic heterocycles. The van der Waals surface area contributed by atoms with E-state index in [2.05, 4.69) is 21.8 Å². The van der Waals surface area contributed by atoms with Gasteiger partial charge in [0.25, 0.3) is 0 Å². The fourth-order valence-corrected chi connectivity index (χ4v) is 2.55. The average molecular weight is 301 g/mol. The molecule has 0 aliphatic carbocycles. The van der Waals surface area contributed by atoms with Gasteiger partial charge in [0, 0.05) is 25.7 Å². The van der Waals surface area contributed by atoms with Crippen molar-refractivity contribution < 1.29 is 9.13 Å². The van der Waals surface area contributed by atoms with E-state index in [0.29, 0.717) is 11.6 Å². The van der Waals surface area contributed by atoms with Crippen LogP contribution in [0, 0.1) is 5.82 Å². The zero-order chi connectivity index (χ0) is 15.4. The van der Waals surface area contributed by atoms with Crippen molar-refractivity contribution in [2.45, 2.75) is 6.42 Å². The second kappa shape index (κ2) is 6.75. The summed E-state index contributed by atoms with van der Waals surface area (Å²) < 4.78 is 18.5. The third kappa shape index (κ3) is 3.74. The van der Waals surface area contributed by atoms with Crippen LogP contribution in [0.2, 0.25) is 0 Å². The maximum absolute atomic E-state index is 12.9. The zero-order valence-electron chi connectivity index (χ0n) is 12.7. The Labute approximate surface area is 130 Å². The summed E-state index contributed by atoms with van der Waals surface area (Å²) in [6.07, 6.45) is 2.99. The summed E-state index contributed by atoms with van der Waals surface area (Å²) in [4.78, 5) is 9.04. The first-order chi connectivity index (χ1) is 10.7. The lowest BCUT2D eigenvalue weighted by atomic mass is 10.3. The Morgan fingerprint density at radius 1 is 1.00 bits per heavy atom. The molecule has 1 fully saturated rings. The number of likely N-dealkylation sites (N-methyl/N-ethyl adjacent to an activating group) is 1. The first-order valence-corrected chi connectivity index (χ1v) is 7.54. The Bertz CT molecular complexity index is 600. The van der Waals surface area contributed by atoms with Crippen molar-refractivity contribution in [3.8, 4) is 11.6 Å². The van der Waals surface area contributed by atoms with Gasteiger partial charge in [-0.25, -0.2) is 9.37 Å². The number of ether oxygens (including phenoxy) is 1. The van der Waals surface area contributed by atoms with Gasteiger partial charge in [-0.15, -0.1) is 0 Å². The Hall–Kier alpha value is -2.14. The van der Waals surface area contributed by atoms with Gasteiger partial charge in [0.15, 0.2) is 0 Å². The van der Waals surface area contributed by atoms with E-state index in [-0.39, 0.29) is 5.82 Å². The molecule has 1 aliphatic rings. The minimum absolute atomic E-state index is 0.276. The molecule has 0 atom stereocenters. The van der Waals surface area contributed by atoms with Crippen LogP contribution < -0.4 is 9.64 Å². The molecule has 3 rings (SSSR count). The standard InChI is InChI=1S/C17H20FN3O/c1-20-9-2-10-21(12-11-20)15-5-8-17(19-13-15)22-16-6-3-14(18)4-7-16/h3-8,13H,2,9-12H2,1H3. The molecule has 0 radical (unpaired) electrons. The fraction of sp³-hybridized carbons (Fsp3) is 0.353. The quantitative estimate of drug-likeness (QED) is 0.871. The number of rotatable bonds is 3. The van der Waals surface area contributed by atoms with Gasteiger partial charge in [0.1, 0.15) is 11.6 Å². The smallest absolute Gasteiger partial charge is 0.219 e. The van der Waals surface area contributed by atoms with Crippen LogP contribution in [0.1, 0.15) is 6.42 Å². The second-order valence-electron chi connectivity index (χ2n) is 5.55. The summed E-state index contributed by atoms with van der Waals surface area (Å²) >= 11 is 0. The van der Waals surface area contributed by atoms with Crippen LogP contribution in [0.5, 0.6) is 11.6 Å². The lowest BCUT2D eigenvalue weighted by molar-refractivity contribution is 0.360. The summed E-state index contributed by atoms with van der Waals surface area (Å²) in [7, 11) is 2.15. The van der Waals surface area contributed by atoms with Gasteiger partial charge in [-0.1, -0.05) is 0 Å². The van der Waals surface area contributed by atoms with E-state index in [9.17, 15) is 4.39 Å². The molecule has 0 N–H and O–H groups in total. The van der Waals surface area contributed by atoms with Gasteiger partial charge >= 0.3 is 0 Å². The number of pyridine rings is 1. The molecule has 1 aromatic carbocycles. The molecule has 4 nitrogen and oxygen atoms in total. The van der Waals surface area contributed by atoms with E-state index >= 15 is 0 Å². The Balaban J connectivity index is 1.65. The number of anilines is 1. The SMILES string of the molecule is CN1CCCN(c2ccc(Oc3ccc(F)cc3)nc2)CC1. The summed E-state index contributed by atoms with van der Waals surface area (Å²) in [5.41, 5.74) is 1.11. The molecule has 1 saturated heterocycles. The molecule has 2 aromatic rings. The zero-order valence-corrected chi connectivity index (χ0v) is 12.7. The number of halogens is 1. The number of hydrogen-bond acceptors (Lipinski definition) is 4. The van der Waals surface area contributed by atoms with Crippen LogP contribution in [-0.2, 0) is 0 Å². The van der Waals surface area contributed by atoms with Crippen LogP contribution in [0.3, 0.4) is 0 Å². The molecule has 116 valence electrons. The van der Waals surface area contributed by atoms with E-state index in [4.69, 9.17) is 4.74 Å². The van der Waals surface area contributed by atoms with Crippen LogP contribution in [0.25, 0.3) is 0 Å². The largest absolute Gasteiger partial charge is 0.439 e. The van der Waals surface area contributed by atoms with Crippen LogP contribution in [0.4, 0.5) is 10.1 Å². The van der Waals surface area contributed by atoms with E-state index in [1.54, 1.807) is 12.1 Å². The van der Waals surface area contributed by atoms with Gasteiger partial charge < -0.3 is 14.5 Å². The second-order valence-corrected chi connectivity index (χ2v) is 5.55. The van der Waals surface area contributed by atoms with Gasteiger partial charge in [-0.3, -0.25) is 0 Å². The van der Waals surface area contributed by atoms with Crippen molar-refractivity contribution in [3.63, 3.8) is 0 Å². The first-order valence-electron chi connectivity index (χ1n) is 7.54. The van der Waals surface area contributed by atoms with E-state index in [1.165, 1.54) is 12.1 Å². The van der Waals surface area contributed by atoms with Crippen LogP contribution in [-0.4, -0.2) is 43.1 Å². The molecule has 0 spiro atoms. The summed E-state index contributed by atoms with van der Waals surface area (Å²) in [5, 5.41) is 0. The lowest BCUT2D eigenvalue weighted by Gasteiger charge is -2.22. The lowest BCUT2D eigenvalue weighted by Crippen LogP contribution is -2.28. The highest BCUT2D eigenvalue weighted by molar-refractivity contribution is 5.46. The van der Waals surface area contributed by atoms with Crippen molar-refractivity contribution in [2.24, 2.45) is 0 Å². The number of benzene rings is 1. The van der Waals surface area contributed by atoms with Gasteiger partial charge in [-0.2, -0.15) is 0 Å². The van der Waals surface area contributed by atoms with Gasteiger partial charge in [0.05, 0.1) is 11.9 Å². The third-order valence-electron chi connectivity index (χ3n) is 3.84. The Morgan fingerprint density at radius 2 is 1.82 bits per heavy atom. The molecular formula is C17H20FN3O. The fourth-order valence-electron chi connectivity index (χ4n) is 2.55. The minimum atomic E-state index is -0.276. The monoisotopic (exact) mass is 301 g/mol. The first kappa shape index (κ1) is 14.8. The molecule has 1 aliphatic heterocycles.